The van der Waals surface area contributed by atoms with E-state index in [1.165, 1.54) is 25.9 Å². The van der Waals surface area contributed by atoms with E-state index >= 15 is 0 Å². The third-order valence-electron chi connectivity index (χ3n) is 4.89. The fourth-order valence-corrected chi connectivity index (χ4v) is 4.14. The summed E-state index contributed by atoms with van der Waals surface area (Å²) in [5.41, 5.74) is 2.43. The monoisotopic (exact) mass is 389 g/mol. The van der Waals surface area contributed by atoms with Crippen molar-refractivity contribution in [1.29, 1.82) is 0 Å². The highest BCUT2D eigenvalue weighted by Gasteiger charge is 2.13. The first kappa shape index (κ1) is 19.8. The molecule has 2 aromatic rings. The van der Waals surface area contributed by atoms with Crippen LogP contribution in [-0.4, -0.2) is 54.5 Å². The second kappa shape index (κ2) is 9.28. The first-order valence-electron chi connectivity index (χ1n) is 9.26. The number of hydrogen-bond donors (Lipinski definition) is 1. The van der Waals surface area contributed by atoms with Crippen molar-refractivity contribution < 1.29 is 9.47 Å². The maximum absolute atomic E-state index is 12.3. The second-order valence-corrected chi connectivity index (χ2v) is 7.79. The summed E-state index contributed by atoms with van der Waals surface area (Å²) in [7, 11) is 3.24. The highest BCUT2D eigenvalue weighted by atomic mass is 32.2. The molecule has 0 amide bonds. The number of nitrogens with one attached hydrogen (secondary N) is 1. The average Bonchev–Trinajstić information content (AvgIpc) is 3.19. The van der Waals surface area contributed by atoms with Crippen LogP contribution in [0.2, 0.25) is 0 Å². The molecule has 1 saturated heterocycles. The van der Waals surface area contributed by atoms with E-state index in [1.807, 2.05) is 25.1 Å². The molecule has 1 fully saturated rings. The van der Waals surface area contributed by atoms with E-state index in [4.69, 9.17) is 14.5 Å². The first-order valence-corrected chi connectivity index (χ1v) is 10.2. The van der Waals surface area contributed by atoms with Gasteiger partial charge in [-0.15, -0.1) is 0 Å². The van der Waals surface area contributed by atoms with E-state index in [2.05, 4.69) is 9.88 Å². The van der Waals surface area contributed by atoms with Gasteiger partial charge in [-0.25, -0.2) is 4.98 Å². The maximum Gasteiger partial charge on any atom is 0.254 e. The normalized spacial score (nSPS) is 14.5. The molecule has 3 rings (SSSR count). The average molecular weight is 390 g/mol. The van der Waals surface area contributed by atoms with Gasteiger partial charge in [-0.05, 0) is 50.6 Å². The number of methoxy groups -OCH3 is 2. The zero-order valence-electron chi connectivity index (χ0n) is 16.2. The van der Waals surface area contributed by atoms with Gasteiger partial charge in [-0.3, -0.25) is 4.79 Å². The summed E-state index contributed by atoms with van der Waals surface area (Å²) >= 11 is 1.62. The van der Waals surface area contributed by atoms with Gasteiger partial charge in [0.15, 0.2) is 16.7 Å². The van der Waals surface area contributed by atoms with Crippen LogP contribution in [0.15, 0.2) is 28.2 Å². The summed E-state index contributed by atoms with van der Waals surface area (Å²) in [6.45, 7) is 5.22. The molecule has 0 unspecified atom stereocenters. The van der Waals surface area contributed by atoms with E-state index in [-0.39, 0.29) is 5.56 Å². The SMILES string of the molecule is COc1ccc(Cc2nc(SCCN3CCCC3)[nH]c(=O)c2C)cc1OC. The van der Waals surface area contributed by atoms with Gasteiger partial charge in [0.05, 0.1) is 19.9 Å². The van der Waals surface area contributed by atoms with E-state index in [0.717, 1.165) is 23.6 Å². The lowest BCUT2D eigenvalue weighted by Gasteiger charge is -2.14. The lowest BCUT2D eigenvalue weighted by atomic mass is 10.1. The number of ether oxygens (including phenoxy) is 2. The molecule has 146 valence electrons. The molecule has 0 aliphatic carbocycles. The Morgan fingerprint density at radius 1 is 1.19 bits per heavy atom. The minimum absolute atomic E-state index is 0.0656. The molecule has 0 saturated carbocycles. The molecule has 7 heteroatoms. The van der Waals surface area contributed by atoms with Crippen molar-refractivity contribution in [1.82, 2.24) is 14.9 Å². The van der Waals surface area contributed by atoms with Crippen LogP contribution in [0.25, 0.3) is 0 Å². The van der Waals surface area contributed by atoms with Crippen LogP contribution in [0.1, 0.15) is 29.7 Å². The van der Waals surface area contributed by atoms with Gasteiger partial charge in [-0.2, -0.15) is 0 Å². The Hall–Kier alpha value is -1.99. The molecule has 0 spiro atoms. The van der Waals surface area contributed by atoms with E-state index in [1.54, 1.807) is 26.0 Å². The van der Waals surface area contributed by atoms with E-state index in [9.17, 15) is 4.79 Å². The van der Waals surface area contributed by atoms with E-state index < -0.39 is 0 Å². The van der Waals surface area contributed by atoms with Crippen LogP contribution in [0, 0.1) is 6.92 Å². The largest absolute Gasteiger partial charge is 0.493 e. The lowest BCUT2D eigenvalue weighted by Crippen LogP contribution is -2.22. The lowest BCUT2D eigenvalue weighted by molar-refractivity contribution is 0.354. The summed E-state index contributed by atoms with van der Waals surface area (Å²) in [6.07, 6.45) is 3.16. The third kappa shape index (κ3) is 5.05. The highest BCUT2D eigenvalue weighted by Crippen LogP contribution is 2.28. The van der Waals surface area contributed by atoms with Crippen molar-refractivity contribution in [3.8, 4) is 11.5 Å². The van der Waals surface area contributed by atoms with E-state index in [0.29, 0.717) is 28.6 Å². The molecule has 1 aliphatic rings. The molecular weight excluding hydrogens is 362 g/mol. The summed E-state index contributed by atoms with van der Waals surface area (Å²) in [4.78, 5) is 22.4. The molecule has 0 atom stereocenters. The zero-order valence-corrected chi connectivity index (χ0v) is 17.0. The summed E-state index contributed by atoms with van der Waals surface area (Å²) in [6, 6.07) is 5.79. The summed E-state index contributed by atoms with van der Waals surface area (Å²) in [5.74, 6) is 2.30. The van der Waals surface area contributed by atoms with Gasteiger partial charge in [-0.1, -0.05) is 17.8 Å². The van der Waals surface area contributed by atoms with Crippen molar-refractivity contribution in [3.63, 3.8) is 0 Å². The molecule has 1 aliphatic heterocycles. The number of aromatic amines is 1. The Bertz CT molecular complexity index is 832. The van der Waals surface area contributed by atoms with Gasteiger partial charge in [0.1, 0.15) is 0 Å². The van der Waals surface area contributed by atoms with Gasteiger partial charge in [0.25, 0.3) is 5.56 Å². The number of aromatic nitrogens is 2. The quantitative estimate of drug-likeness (QED) is 0.553. The standard InChI is InChI=1S/C20H27N3O3S/c1-14-16(12-15-6-7-17(25-2)18(13-15)26-3)21-20(22-19(14)24)27-11-10-23-8-4-5-9-23/h6-7,13H,4-5,8-12H2,1-3H3,(H,21,22,24). The molecule has 1 aromatic heterocycles. The molecule has 1 N–H and O–H groups in total. The predicted octanol–water partition coefficient (Wildman–Crippen LogP) is 2.87. The smallest absolute Gasteiger partial charge is 0.254 e. The van der Waals surface area contributed by atoms with Crippen molar-refractivity contribution in [2.24, 2.45) is 0 Å². The first-order chi connectivity index (χ1) is 13.1. The van der Waals surface area contributed by atoms with Crippen molar-refractivity contribution in [2.45, 2.75) is 31.3 Å². The van der Waals surface area contributed by atoms with Crippen LogP contribution < -0.4 is 15.0 Å². The highest BCUT2D eigenvalue weighted by molar-refractivity contribution is 7.99. The molecule has 0 bridgehead atoms. The molecule has 2 heterocycles. The number of H-pyrrole nitrogens is 1. The minimum atomic E-state index is -0.0656. The van der Waals surface area contributed by atoms with Crippen LogP contribution in [-0.2, 0) is 6.42 Å². The molecule has 1 aromatic carbocycles. The maximum atomic E-state index is 12.3. The van der Waals surface area contributed by atoms with Crippen LogP contribution in [0.4, 0.5) is 0 Å². The van der Waals surface area contributed by atoms with Crippen molar-refractivity contribution in [2.75, 3.05) is 39.6 Å². The van der Waals surface area contributed by atoms with Crippen LogP contribution in [0.3, 0.4) is 0 Å². The van der Waals surface area contributed by atoms with Crippen molar-refractivity contribution in [3.05, 3.63) is 45.4 Å². The Morgan fingerprint density at radius 3 is 2.63 bits per heavy atom. The Balaban J connectivity index is 1.72. The van der Waals surface area contributed by atoms with Gasteiger partial charge in [0, 0.05) is 24.3 Å². The molecule has 6 nitrogen and oxygen atoms in total. The number of benzene rings is 1. The third-order valence-corrected chi connectivity index (χ3v) is 5.75. The topological polar surface area (TPSA) is 67.5 Å². The minimum Gasteiger partial charge on any atom is -0.493 e. The number of hydrogen-bond acceptors (Lipinski definition) is 6. The Kier molecular flexibility index (Phi) is 6.79. The predicted molar refractivity (Wildman–Crippen MR) is 108 cm³/mol. The Labute approximate surface area is 164 Å². The van der Waals surface area contributed by atoms with Crippen molar-refractivity contribution >= 4 is 11.8 Å². The number of rotatable bonds is 8. The van der Waals surface area contributed by atoms with Crippen LogP contribution in [0.5, 0.6) is 11.5 Å². The molecule has 0 radical (unpaired) electrons. The Morgan fingerprint density at radius 2 is 1.93 bits per heavy atom. The molecule has 27 heavy (non-hydrogen) atoms. The second-order valence-electron chi connectivity index (χ2n) is 6.71. The molecular formula is C20H27N3O3S. The number of thioether (sulfide) groups is 1. The number of nitrogens with zero attached hydrogens (tertiary/aromatic N) is 2. The van der Waals surface area contributed by atoms with Gasteiger partial charge in [0.2, 0.25) is 0 Å². The van der Waals surface area contributed by atoms with Gasteiger partial charge < -0.3 is 19.4 Å². The van der Waals surface area contributed by atoms with Crippen LogP contribution >= 0.6 is 11.8 Å². The van der Waals surface area contributed by atoms with Gasteiger partial charge >= 0.3 is 0 Å². The fourth-order valence-electron chi connectivity index (χ4n) is 3.26. The summed E-state index contributed by atoms with van der Waals surface area (Å²) < 4.78 is 10.7. The fraction of sp³-hybridized carbons (Fsp3) is 0.500. The summed E-state index contributed by atoms with van der Waals surface area (Å²) in [5, 5.41) is 0.695. The zero-order chi connectivity index (χ0) is 19.2. The number of likely N-dealkylation sites (tertiary alicyclic amines) is 1.